The summed E-state index contributed by atoms with van der Waals surface area (Å²) in [4.78, 5) is 0. The standard InChI is InChI=1S/C12H14FN3O/c1-8-6-9(4-5-10(8)13)16-7-11(14-15-16)12(2,3)17/h4-7,17H,1-3H3. The molecule has 0 radical (unpaired) electrons. The SMILES string of the molecule is Cc1cc(-n2cc(C(C)(C)O)nn2)ccc1F. The molecule has 4 nitrogen and oxygen atoms in total. The van der Waals surface area contributed by atoms with Crippen LogP contribution in [-0.4, -0.2) is 20.1 Å². The molecule has 90 valence electrons. The maximum Gasteiger partial charge on any atom is 0.126 e. The van der Waals surface area contributed by atoms with Crippen molar-refractivity contribution in [3.63, 3.8) is 0 Å². The van der Waals surface area contributed by atoms with Crippen LogP contribution < -0.4 is 0 Å². The highest BCUT2D eigenvalue weighted by Gasteiger charge is 2.20. The van der Waals surface area contributed by atoms with Gasteiger partial charge < -0.3 is 5.11 Å². The fourth-order valence-corrected chi connectivity index (χ4v) is 1.44. The minimum Gasteiger partial charge on any atom is -0.384 e. The first-order valence-electron chi connectivity index (χ1n) is 5.29. The van der Waals surface area contributed by atoms with Crippen molar-refractivity contribution >= 4 is 0 Å². The molecule has 0 aliphatic rings. The van der Waals surface area contributed by atoms with Crippen molar-refractivity contribution in [3.8, 4) is 5.69 Å². The fraction of sp³-hybridized carbons (Fsp3) is 0.333. The number of rotatable bonds is 2. The number of nitrogens with zero attached hydrogens (tertiary/aromatic N) is 3. The third-order valence-electron chi connectivity index (χ3n) is 2.53. The van der Waals surface area contributed by atoms with Crippen LogP contribution in [0, 0.1) is 12.7 Å². The summed E-state index contributed by atoms with van der Waals surface area (Å²) < 4.78 is 14.6. The van der Waals surface area contributed by atoms with Crippen LogP contribution in [0.3, 0.4) is 0 Å². The van der Waals surface area contributed by atoms with Crippen molar-refractivity contribution in [3.05, 3.63) is 41.5 Å². The van der Waals surface area contributed by atoms with Crippen molar-refractivity contribution in [1.82, 2.24) is 15.0 Å². The molecular formula is C12H14FN3O. The van der Waals surface area contributed by atoms with Crippen LogP contribution >= 0.6 is 0 Å². The monoisotopic (exact) mass is 235 g/mol. The van der Waals surface area contributed by atoms with Gasteiger partial charge in [-0.05, 0) is 44.5 Å². The minimum absolute atomic E-state index is 0.253. The smallest absolute Gasteiger partial charge is 0.126 e. The van der Waals surface area contributed by atoms with Gasteiger partial charge in [0.1, 0.15) is 17.1 Å². The third-order valence-corrected chi connectivity index (χ3v) is 2.53. The van der Waals surface area contributed by atoms with Crippen LogP contribution in [0.1, 0.15) is 25.1 Å². The number of hydrogen-bond acceptors (Lipinski definition) is 3. The van der Waals surface area contributed by atoms with Crippen LogP contribution in [0.2, 0.25) is 0 Å². The van der Waals surface area contributed by atoms with Gasteiger partial charge in [-0.15, -0.1) is 5.10 Å². The Morgan fingerprint density at radius 1 is 1.35 bits per heavy atom. The second kappa shape index (κ2) is 3.92. The zero-order valence-corrected chi connectivity index (χ0v) is 9.98. The molecule has 1 aromatic carbocycles. The summed E-state index contributed by atoms with van der Waals surface area (Å²) in [7, 11) is 0. The van der Waals surface area contributed by atoms with E-state index in [0.29, 0.717) is 16.9 Å². The van der Waals surface area contributed by atoms with E-state index in [4.69, 9.17) is 0 Å². The predicted molar refractivity (Wildman–Crippen MR) is 61.3 cm³/mol. The van der Waals surface area contributed by atoms with E-state index >= 15 is 0 Å². The number of halogens is 1. The molecule has 0 aliphatic carbocycles. The lowest BCUT2D eigenvalue weighted by Crippen LogP contribution is -2.15. The topological polar surface area (TPSA) is 50.9 Å². The van der Waals surface area contributed by atoms with Crippen molar-refractivity contribution < 1.29 is 9.50 Å². The molecule has 0 saturated carbocycles. The summed E-state index contributed by atoms with van der Waals surface area (Å²) in [6.07, 6.45) is 1.63. The van der Waals surface area contributed by atoms with Crippen LogP contribution in [0.15, 0.2) is 24.4 Å². The molecule has 0 fully saturated rings. The summed E-state index contributed by atoms with van der Waals surface area (Å²) in [6, 6.07) is 4.68. The lowest BCUT2D eigenvalue weighted by atomic mass is 10.1. The first-order chi connectivity index (χ1) is 7.88. The van der Waals surface area contributed by atoms with E-state index in [1.54, 1.807) is 39.1 Å². The number of aliphatic hydroxyl groups is 1. The predicted octanol–water partition coefficient (Wildman–Crippen LogP) is 1.94. The van der Waals surface area contributed by atoms with Gasteiger partial charge in [-0.2, -0.15) is 0 Å². The Hall–Kier alpha value is -1.75. The van der Waals surface area contributed by atoms with E-state index in [2.05, 4.69) is 10.3 Å². The lowest BCUT2D eigenvalue weighted by Gasteiger charge is -2.11. The van der Waals surface area contributed by atoms with E-state index in [1.165, 1.54) is 10.7 Å². The quantitative estimate of drug-likeness (QED) is 0.865. The van der Waals surface area contributed by atoms with Gasteiger partial charge in [0.25, 0.3) is 0 Å². The van der Waals surface area contributed by atoms with Gasteiger partial charge in [-0.3, -0.25) is 0 Å². The van der Waals surface area contributed by atoms with E-state index < -0.39 is 5.60 Å². The molecule has 1 N–H and O–H groups in total. The molecule has 2 rings (SSSR count). The van der Waals surface area contributed by atoms with Gasteiger partial charge in [-0.25, -0.2) is 9.07 Å². The molecule has 0 saturated heterocycles. The van der Waals surface area contributed by atoms with Gasteiger partial charge in [0, 0.05) is 0 Å². The van der Waals surface area contributed by atoms with Crippen molar-refractivity contribution in [2.75, 3.05) is 0 Å². The number of aryl methyl sites for hydroxylation is 1. The van der Waals surface area contributed by atoms with Gasteiger partial charge in [0.15, 0.2) is 0 Å². The molecule has 1 aromatic heterocycles. The molecule has 0 atom stereocenters. The Kier molecular flexibility index (Phi) is 2.71. The fourth-order valence-electron chi connectivity index (χ4n) is 1.44. The third kappa shape index (κ3) is 2.34. The van der Waals surface area contributed by atoms with Gasteiger partial charge in [-0.1, -0.05) is 5.21 Å². The first-order valence-corrected chi connectivity index (χ1v) is 5.29. The van der Waals surface area contributed by atoms with E-state index in [0.717, 1.165) is 0 Å². The molecule has 0 bridgehead atoms. The molecule has 5 heteroatoms. The Labute approximate surface area is 98.7 Å². The van der Waals surface area contributed by atoms with E-state index in [-0.39, 0.29) is 5.82 Å². The van der Waals surface area contributed by atoms with Crippen LogP contribution in [0.25, 0.3) is 5.69 Å². The zero-order valence-electron chi connectivity index (χ0n) is 9.98. The molecule has 0 unspecified atom stereocenters. The summed E-state index contributed by atoms with van der Waals surface area (Å²) in [5.41, 5.74) is 0.696. The van der Waals surface area contributed by atoms with Crippen LogP contribution in [-0.2, 0) is 5.60 Å². The van der Waals surface area contributed by atoms with Crippen LogP contribution in [0.5, 0.6) is 0 Å². The number of hydrogen-bond donors (Lipinski definition) is 1. The Bertz CT molecular complexity index is 543. The first kappa shape index (κ1) is 11.7. The van der Waals surface area contributed by atoms with Gasteiger partial charge >= 0.3 is 0 Å². The van der Waals surface area contributed by atoms with E-state index in [9.17, 15) is 9.50 Å². The van der Waals surface area contributed by atoms with Crippen molar-refractivity contribution in [2.45, 2.75) is 26.4 Å². The summed E-state index contributed by atoms with van der Waals surface area (Å²) in [5.74, 6) is -0.253. The Morgan fingerprint density at radius 3 is 2.59 bits per heavy atom. The molecule has 0 aliphatic heterocycles. The van der Waals surface area contributed by atoms with Gasteiger partial charge in [0.05, 0.1) is 11.9 Å². The average Bonchev–Trinajstić information content (AvgIpc) is 2.70. The highest BCUT2D eigenvalue weighted by molar-refractivity contribution is 5.35. The zero-order chi connectivity index (χ0) is 12.6. The van der Waals surface area contributed by atoms with Crippen molar-refractivity contribution in [1.29, 1.82) is 0 Å². The van der Waals surface area contributed by atoms with E-state index in [1.807, 2.05) is 0 Å². The minimum atomic E-state index is -1.03. The molecule has 2 aromatic rings. The molecule has 0 amide bonds. The summed E-state index contributed by atoms with van der Waals surface area (Å²) in [6.45, 7) is 4.96. The molecule has 17 heavy (non-hydrogen) atoms. The normalized spacial score (nSPS) is 11.8. The average molecular weight is 235 g/mol. The molecule has 0 spiro atoms. The second-order valence-corrected chi connectivity index (χ2v) is 4.54. The summed E-state index contributed by atoms with van der Waals surface area (Å²) in [5, 5.41) is 17.6. The maximum absolute atomic E-state index is 13.1. The second-order valence-electron chi connectivity index (χ2n) is 4.54. The highest BCUT2D eigenvalue weighted by atomic mass is 19.1. The molecular weight excluding hydrogens is 221 g/mol. The van der Waals surface area contributed by atoms with Crippen molar-refractivity contribution in [2.24, 2.45) is 0 Å². The number of benzene rings is 1. The Balaban J connectivity index is 2.40. The molecule has 1 heterocycles. The van der Waals surface area contributed by atoms with Crippen LogP contribution in [0.4, 0.5) is 4.39 Å². The lowest BCUT2D eigenvalue weighted by molar-refractivity contribution is 0.0737. The summed E-state index contributed by atoms with van der Waals surface area (Å²) >= 11 is 0. The highest BCUT2D eigenvalue weighted by Crippen LogP contribution is 2.18. The maximum atomic E-state index is 13.1. The number of aromatic nitrogens is 3. The Morgan fingerprint density at radius 2 is 2.06 bits per heavy atom. The van der Waals surface area contributed by atoms with Gasteiger partial charge in [0.2, 0.25) is 0 Å². The largest absolute Gasteiger partial charge is 0.384 e.